The molecular formula is C36H22N4O2. The summed E-state index contributed by atoms with van der Waals surface area (Å²) >= 11 is 0. The van der Waals surface area contributed by atoms with Crippen LogP contribution in [0.15, 0.2) is 134 Å². The summed E-state index contributed by atoms with van der Waals surface area (Å²) in [4.78, 5) is 37.4. The van der Waals surface area contributed by atoms with Crippen LogP contribution in [0.5, 0.6) is 0 Å². The number of benzene rings is 4. The van der Waals surface area contributed by atoms with Crippen LogP contribution in [-0.2, 0) is 0 Å². The summed E-state index contributed by atoms with van der Waals surface area (Å²) in [6.07, 6.45) is 7.18. The van der Waals surface area contributed by atoms with Crippen molar-refractivity contribution in [3.05, 3.63) is 145 Å². The van der Waals surface area contributed by atoms with E-state index in [0.29, 0.717) is 22.5 Å². The van der Waals surface area contributed by atoms with E-state index in [1.807, 2.05) is 66.7 Å². The maximum absolute atomic E-state index is 14.1. The fourth-order valence-corrected chi connectivity index (χ4v) is 6.18. The Morgan fingerprint density at radius 3 is 1.57 bits per heavy atom. The van der Waals surface area contributed by atoms with Gasteiger partial charge in [-0.05, 0) is 82.9 Å². The van der Waals surface area contributed by atoms with Gasteiger partial charge in [0.25, 0.3) is 11.8 Å². The molecule has 198 valence electrons. The number of carbonyl (C=O) groups is 2. The molecule has 0 bridgehead atoms. The number of carbonyl (C=O) groups excluding carboxylic acids is 2. The summed E-state index contributed by atoms with van der Waals surface area (Å²) in [7, 11) is 0. The molecule has 0 radical (unpaired) electrons. The Labute approximate surface area is 241 Å². The zero-order valence-electron chi connectivity index (χ0n) is 22.3. The molecule has 6 heteroatoms. The van der Waals surface area contributed by atoms with E-state index < -0.39 is 0 Å². The maximum atomic E-state index is 14.1. The van der Waals surface area contributed by atoms with Gasteiger partial charge in [-0.1, -0.05) is 48.5 Å². The molecule has 4 heterocycles. The van der Waals surface area contributed by atoms with Gasteiger partial charge in [0.05, 0.1) is 33.5 Å². The largest absolute Gasteiger partial charge is 0.308 e. The van der Waals surface area contributed by atoms with Crippen LogP contribution in [0.1, 0.15) is 20.7 Å². The van der Waals surface area contributed by atoms with Crippen molar-refractivity contribution in [3.8, 4) is 27.9 Å². The second-order valence-corrected chi connectivity index (χ2v) is 10.2. The number of amides is 2. The van der Waals surface area contributed by atoms with Crippen LogP contribution >= 0.6 is 0 Å². The average Bonchev–Trinajstić information content (AvgIpc) is 3.53. The standard InChI is InChI=1S/C36H22N4O2/c41-35-28-11-6-14-31(34(28)36(42)39(35)25-7-2-1-3-8-25)40-29-12-4-9-26(23-15-19-37-20-16-23)32(29)33-27(10-5-13-30(33)40)24-17-21-38-22-18-24/h1-22H. The third kappa shape index (κ3) is 3.45. The van der Waals surface area contributed by atoms with Crippen molar-refractivity contribution in [1.29, 1.82) is 0 Å². The number of fused-ring (bicyclic) bond motifs is 4. The lowest BCUT2D eigenvalue weighted by Crippen LogP contribution is -2.29. The van der Waals surface area contributed by atoms with E-state index in [4.69, 9.17) is 0 Å². The number of nitrogens with zero attached hydrogens (tertiary/aromatic N) is 4. The highest BCUT2D eigenvalue weighted by Gasteiger charge is 2.39. The molecule has 42 heavy (non-hydrogen) atoms. The van der Waals surface area contributed by atoms with Crippen LogP contribution in [0.2, 0.25) is 0 Å². The number of anilines is 1. The van der Waals surface area contributed by atoms with E-state index in [0.717, 1.165) is 44.1 Å². The molecule has 7 aromatic rings. The van der Waals surface area contributed by atoms with Crippen molar-refractivity contribution in [2.45, 2.75) is 0 Å². The monoisotopic (exact) mass is 542 g/mol. The van der Waals surface area contributed by atoms with Crippen molar-refractivity contribution >= 4 is 39.3 Å². The quantitative estimate of drug-likeness (QED) is 0.214. The maximum Gasteiger partial charge on any atom is 0.268 e. The summed E-state index contributed by atoms with van der Waals surface area (Å²) in [5, 5.41) is 2.11. The summed E-state index contributed by atoms with van der Waals surface area (Å²) in [5.41, 5.74) is 8.08. The lowest BCUT2D eigenvalue weighted by atomic mass is 9.95. The molecule has 2 amide bonds. The van der Waals surface area contributed by atoms with Crippen molar-refractivity contribution in [2.75, 3.05) is 4.90 Å². The van der Waals surface area contributed by atoms with Crippen molar-refractivity contribution in [3.63, 3.8) is 0 Å². The molecule has 3 aromatic heterocycles. The van der Waals surface area contributed by atoms with Crippen molar-refractivity contribution in [2.24, 2.45) is 0 Å². The number of hydrogen-bond acceptors (Lipinski definition) is 4. The van der Waals surface area contributed by atoms with Crippen molar-refractivity contribution < 1.29 is 9.59 Å². The molecule has 0 saturated carbocycles. The zero-order valence-corrected chi connectivity index (χ0v) is 22.3. The van der Waals surface area contributed by atoms with Crippen LogP contribution in [0.3, 0.4) is 0 Å². The summed E-state index contributed by atoms with van der Waals surface area (Å²) in [6.45, 7) is 0. The first kappa shape index (κ1) is 24.0. The van der Waals surface area contributed by atoms with E-state index >= 15 is 0 Å². The average molecular weight is 543 g/mol. The van der Waals surface area contributed by atoms with Crippen LogP contribution in [-0.4, -0.2) is 26.3 Å². The first-order valence-corrected chi connectivity index (χ1v) is 13.7. The minimum Gasteiger partial charge on any atom is -0.308 e. The van der Waals surface area contributed by atoms with Gasteiger partial charge in [0, 0.05) is 35.6 Å². The van der Waals surface area contributed by atoms with Gasteiger partial charge >= 0.3 is 0 Å². The number of imide groups is 1. The number of aromatic nitrogens is 3. The predicted molar refractivity (Wildman–Crippen MR) is 165 cm³/mol. The molecule has 0 unspecified atom stereocenters. The summed E-state index contributed by atoms with van der Waals surface area (Å²) < 4.78 is 2.12. The topological polar surface area (TPSA) is 68.1 Å². The minimum atomic E-state index is -0.331. The first-order chi connectivity index (χ1) is 20.7. The molecule has 0 fully saturated rings. The van der Waals surface area contributed by atoms with Gasteiger partial charge in [-0.2, -0.15) is 0 Å². The second kappa shape index (κ2) is 9.35. The molecule has 1 aliphatic heterocycles. The fourth-order valence-electron chi connectivity index (χ4n) is 6.18. The van der Waals surface area contributed by atoms with Gasteiger partial charge in [0.15, 0.2) is 0 Å². The molecule has 0 N–H and O–H groups in total. The van der Waals surface area contributed by atoms with Gasteiger partial charge in [0.2, 0.25) is 0 Å². The Morgan fingerprint density at radius 1 is 0.476 bits per heavy atom. The van der Waals surface area contributed by atoms with Crippen LogP contribution in [0.25, 0.3) is 49.7 Å². The minimum absolute atomic E-state index is 0.321. The molecule has 0 atom stereocenters. The van der Waals surface area contributed by atoms with E-state index in [-0.39, 0.29) is 11.8 Å². The van der Waals surface area contributed by atoms with Crippen molar-refractivity contribution in [1.82, 2.24) is 14.5 Å². The number of para-hydroxylation sites is 1. The van der Waals surface area contributed by atoms with Gasteiger partial charge < -0.3 is 4.57 Å². The normalized spacial score (nSPS) is 12.8. The van der Waals surface area contributed by atoms with E-state index in [9.17, 15) is 9.59 Å². The Morgan fingerprint density at radius 2 is 1.00 bits per heavy atom. The molecule has 0 saturated heterocycles. The third-order valence-corrected chi connectivity index (χ3v) is 7.95. The lowest BCUT2D eigenvalue weighted by molar-refractivity contribution is 0.0926. The Bertz CT molecular complexity index is 2080. The summed E-state index contributed by atoms with van der Waals surface area (Å²) in [6, 6.07) is 35.1. The van der Waals surface area contributed by atoms with Crippen LogP contribution < -0.4 is 4.90 Å². The van der Waals surface area contributed by atoms with Gasteiger partial charge in [-0.3, -0.25) is 19.6 Å². The SMILES string of the molecule is O=C1c2cccc(-n3c4cccc(-c5ccncc5)c4c4c(-c5ccncc5)cccc43)c2C(=O)N1c1ccccc1. The molecule has 0 aliphatic carbocycles. The Kier molecular flexibility index (Phi) is 5.34. The molecule has 1 aliphatic rings. The number of pyridine rings is 2. The lowest BCUT2D eigenvalue weighted by Gasteiger charge is -2.14. The highest BCUT2D eigenvalue weighted by Crippen LogP contribution is 2.44. The smallest absolute Gasteiger partial charge is 0.268 e. The third-order valence-electron chi connectivity index (χ3n) is 7.95. The van der Waals surface area contributed by atoms with Crippen LogP contribution in [0.4, 0.5) is 5.69 Å². The highest BCUT2D eigenvalue weighted by atomic mass is 16.2. The molecule has 0 spiro atoms. The zero-order chi connectivity index (χ0) is 28.2. The number of rotatable bonds is 4. The van der Waals surface area contributed by atoms with Crippen LogP contribution in [0, 0.1) is 0 Å². The molecular weight excluding hydrogens is 520 g/mol. The molecule has 6 nitrogen and oxygen atoms in total. The van der Waals surface area contributed by atoms with E-state index in [1.165, 1.54) is 4.90 Å². The first-order valence-electron chi connectivity index (χ1n) is 13.7. The predicted octanol–water partition coefficient (Wildman–Crippen LogP) is 7.71. The fraction of sp³-hybridized carbons (Fsp3) is 0. The highest BCUT2D eigenvalue weighted by molar-refractivity contribution is 6.36. The van der Waals surface area contributed by atoms with Gasteiger partial charge in [-0.25, -0.2) is 4.90 Å². The summed E-state index contributed by atoms with van der Waals surface area (Å²) in [5.74, 6) is -0.652. The Hall–Kier alpha value is -5.88. The molecule has 8 rings (SSSR count). The van der Waals surface area contributed by atoms with E-state index in [1.54, 1.807) is 43.0 Å². The van der Waals surface area contributed by atoms with Gasteiger partial charge in [-0.15, -0.1) is 0 Å². The van der Waals surface area contributed by atoms with E-state index in [2.05, 4.69) is 38.8 Å². The Balaban J connectivity index is 1.48. The molecule has 4 aromatic carbocycles. The number of hydrogen-bond donors (Lipinski definition) is 0. The second-order valence-electron chi connectivity index (χ2n) is 10.2. The van der Waals surface area contributed by atoms with Gasteiger partial charge in [0.1, 0.15) is 0 Å².